The molecule has 1 spiro atoms. The van der Waals surface area contributed by atoms with Crippen LogP contribution in [0.1, 0.15) is 45.0 Å². The van der Waals surface area contributed by atoms with E-state index in [1.807, 2.05) is 30.8 Å². The van der Waals surface area contributed by atoms with E-state index < -0.39 is 11.7 Å². The predicted octanol–water partition coefficient (Wildman–Crippen LogP) is 3.49. The molecule has 32 heavy (non-hydrogen) atoms. The molecule has 2 aromatic rings. The molecule has 0 aromatic carbocycles. The number of nitrogens with one attached hydrogen (secondary N) is 2. The molecule has 1 unspecified atom stereocenters. The van der Waals surface area contributed by atoms with Crippen LogP contribution in [-0.4, -0.2) is 59.0 Å². The summed E-state index contributed by atoms with van der Waals surface area (Å²) in [6.07, 6.45) is 3.79. The molecule has 3 heterocycles. The largest absolute Gasteiger partial charge is 0.368 e. The number of aromatic nitrogens is 3. The van der Waals surface area contributed by atoms with Gasteiger partial charge in [-0.3, -0.25) is 4.79 Å². The highest BCUT2D eigenvalue weighted by Crippen LogP contribution is 2.58. The lowest BCUT2D eigenvalue weighted by Gasteiger charge is -2.23. The van der Waals surface area contributed by atoms with Crippen LogP contribution in [0, 0.1) is 0 Å². The maximum Gasteiger partial charge on any atom is 0.303 e. The van der Waals surface area contributed by atoms with Gasteiger partial charge in [-0.1, -0.05) is 0 Å². The van der Waals surface area contributed by atoms with Gasteiger partial charge in [-0.15, -0.1) is 0 Å². The van der Waals surface area contributed by atoms with E-state index >= 15 is 0 Å². The van der Waals surface area contributed by atoms with Crippen LogP contribution >= 0.6 is 0 Å². The Kier molecular flexibility index (Phi) is 5.52. The summed E-state index contributed by atoms with van der Waals surface area (Å²) in [6, 6.07) is 3.69. The SMILES string of the molecule is CC(=O)Nc1cc2c(cn1)C1(CC1)CN2c1cc(NCC(C)N(C)C)nc(C(C)(F)F)n1. The summed E-state index contributed by atoms with van der Waals surface area (Å²) in [6.45, 7) is 5.44. The second-order valence-electron chi connectivity index (χ2n) is 9.15. The lowest BCUT2D eigenvalue weighted by molar-refractivity contribution is -0.114. The van der Waals surface area contributed by atoms with Crippen LogP contribution in [0.2, 0.25) is 0 Å². The summed E-state index contributed by atoms with van der Waals surface area (Å²) >= 11 is 0. The van der Waals surface area contributed by atoms with Gasteiger partial charge in [0, 0.05) is 62.3 Å². The summed E-state index contributed by atoms with van der Waals surface area (Å²) in [5.74, 6) is -2.74. The van der Waals surface area contributed by atoms with Crippen molar-refractivity contribution in [3.05, 3.63) is 29.7 Å². The molecule has 8 nitrogen and oxygen atoms in total. The third-order valence-electron chi connectivity index (χ3n) is 6.20. The van der Waals surface area contributed by atoms with Crippen molar-refractivity contribution in [3.8, 4) is 0 Å². The maximum absolute atomic E-state index is 14.3. The summed E-state index contributed by atoms with van der Waals surface area (Å²) in [5, 5.41) is 5.88. The van der Waals surface area contributed by atoms with Crippen molar-refractivity contribution in [1.29, 1.82) is 0 Å². The van der Waals surface area contributed by atoms with Crippen molar-refractivity contribution in [2.75, 3.05) is 42.7 Å². The van der Waals surface area contributed by atoms with E-state index in [0.29, 0.717) is 30.5 Å². The van der Waals surface area contributed by atoms with Crippen molar-refractivity contribution in [2.24, 2.45) is 0 Å². The zero-order chi connectivity index (χ0) is 23.3. The van der Waals surface area contributed by atoms with Gasteiger partial charge in [-0.05, 0) is 33.9 Å². The standard InChI is InChI=1S/C22H29F2N7O/c1-13(30(4)5)10-25-18-9-19(29-20(28-18)21(3,23)24)31-12-22(6-7-22)15-11-26-17(8-16(15)31)27-14(2)32/h8-9,11,13H,6-7,10,12H2,1-5H3,(H,25,28,29)(H,26,27,32). The number of pyridine rings is 1. The number of anilines is 4. The summed E-state index contributed by atoms with van der Waals surface area (Å²) in [5.41, 5.74) is 1.85. The fourth-order valence-corrected chi connectivity index (χ4v) is 3.88. The van der Waals surface area contributed by atoms with Crippen LogP contribution in [0.5, 0.6) is 0 Å². The molecule has 1 amide bonds. The highest BCUT2D eigenvalue weighted by Gasteiger charge is 2.52. The molecule has 172 valence electrons. The second kappa shape index (κ2) is 7.91. The number of fused-ring (bicyclic) bond motifs is 2. The van der Waals surface area contributed by atoms with Crippen LogP contribution in [0.3, 0.4) is 0 Å². The number of rotatable bonds is 7. The van der Waals surface area contributed by atoms with Gasteiger partial charge < -0.3 is 20.4 Å². The molecular formula is C22H29F2N7O. The first kappa shape index (κ1) is 22.3. The normalized spacial score (nSPS) is 17.4. The molecule has 1 aliphatic heterocycles. The molecule has 0 radical (unpaired) electrons. The summed E-state index contributed by atoms with van der Waals surface area (Å²) in [4.78, 5) is 28.2. The van der Waals surface area contributed by atoms with Crippen molar-refractivity contribution >= 4 is 29.0 Å². The van der Waals surface area contributed by atoms with Gasteiger partial charge in [-0.25, -0.2) is 15.0 Å². The first-order chi connectivity index (χ1) is 15.0. The maximum atomic E-state index is 14.3. The average molecular weight is 446 g/mol. The first-order valence-corrected chi connectivity index (χ1v) is 10.7. The summed E-state index contributed by atoms with van der Waals surface area (Å²) < 4.78 is 28.5. The first-order valence-electron chi connectivity index (χ1n) is 10.7. The van der Waals surface area contributed by atoms with E-state index in [1.165, 1.54) is 6.92 Å². The van der Waals surface area contributed by atoms with E-state index in [9.17, 15) is 13.6 Å². The Labute approximate surface area is 186 Å². The van der Waals surface area contributed by atoms with Gasteiger partial charge in [0.25, 0.3) is 0 Å². The smallest absolute Gasteiger partial charge is 0.303 e. The molecular weight excluding hydrogens is 416 g/mol. The Hall–Kier alpha value is -2.88. The van der Waals surface area contributed by atoms with E-state index in [4.69, 9.17) is 0 Å². The highest BCUT2D eigenvalue weighted by atomic mass is 19.3. The Morgan fingerprint density at radius 2 is 2.00 bits per heavy atom. The van der Waals surface area contributed by atoms with E-state index in [2.05, 4.69) is 25.6 Å². The predicted molar refractivity (Wildman–Crippen MR) is 120 cm³/mol. The average Bonchev–Trinajstić information content (AvgIpc) is 3.41. The topological polar surface area (TPSA) is 86.3 Å². The minimum atomic E-state index is -3.18. The molecule has 2 aromatic heterocycles. The van der Waals surface area contributed by atoms with Crippen LogP contribution in [0.15, 0.2) is 18.3 Å². The minimum Gasteiger partial charge on any atom is -0.368 e. The van der Waals surface area contributed by atoms with Gasteiger partial charge in [0.1, 0.15) is 17.5 Å². The molecule has 2 N–H and O–H groups in total. The number of amides is 1. The molecule has 0 bridgehead atoms. The highest BCUT2D eigenvalue weighted by molar-refractivity contribution is 5.89. The van der Waals surface area contributed by atoms with Gasteiger partial charge in [0.2, 0.25) is 11.7 Å². The molecule has 0 saturated heterocycles. The van der Waals surface area contributed by atoms with Gasteiger partial charge >= 0.3 is 5.92 Å². The number of likely N-dealkylation sites (N-methyl/N-ethyl adjacent to an activating group) is 1. The number of hydrogen-bond donors (Lipinski definition) is 2. The van der Waals surface area contributed by atoms with Crippen LogP contribution in [0.4, 0.5) is 31.9 Å². The monoisotopic (exact) mass is 445 g/mol. The van der Waals surface area contributed by atoms with Crippen LogP contribution in [-0.2, 0) is 16.1 Å². The lowest BCUT2D eigenvalue weighted by Crippen LogP contribution is -2.32. The van der Waals surface area contributed by atoms with E-state index in [-0.39, 0.29) is 17.4 Å². The molecule has 1 saturated carbocycles. The number of carbonyl (C=O) groups excluding carboxylic acids is 1. The van der Waals surface area contributed by atoms with Gasteiger partial charge in [-0.2, -0.15) is 8.78 Å². The Morgan fingerprint density at radius 3 is 2.59 bits per heavy atom. The number of hydrogen-bond acceptors (Lipinski definition) is 7. The number of nitrogens with zero attached hydrogens (tertiary/aromatic N) is 5. The fourth-order valence-electron chi connectivity index (χ4n) is 3.88. The van der Waals surface area contributed by atoms with E-state index in [1.54, 1.807) is 18.3 Å². The Morgan fingerprint density at radius 1 is 1.28 bits per heavy atom. The number of halogens is 2. The van der Waals surface area contributed by atoms with Crippen molar-refractivity contribution in [2.45, 2.75) is 51.0 Å². The van der Waals surface area contributed by atoms with Gasteiger partial charge in [0.05, 0.1) is 5.69 Å². The number of alkyl halides is 2. The molecule has 1 atom stereocenters. The van der Waals surface area contributed by atoms with Gasteiger partial charge in [0.15, 0.2) is 0 Å². The van der Waals surface area contributed by atoms with Crippen LogP contribution in [0.25, 0.3) is 0 Å². The third-order valence-corrected chi connectivity index (χ3v) is 6.20. The van der Waals surface area contributed by atoms with E-state index in [0.717, 1.165) is 31.0 Å². The van der Waals surface area contributed by atoms with Crippen molar-refractivity contribution in [3.63, 3.8) is 0 Å². The lowest BCUT2D eigenvalue weighted by atomic mass is 10.0. The number of carbonyl (C=O) groups is 1. The Bertz CT molecular complexity index is 1030. The Balaban J connectivity index is 1.73. The van der Waals surface area contributed by atoms with Crippen molar-refractivity contribution in [1.82, 2.24) is 19.9 Å². The minimum absolute atomic E-state index is 0.0377. The molecule has 1 aliphatic carbocycles. The van der Waals surface area contributed by atoms with Crippen molar-refractivity contribution < 1.29 is 13.6 Å². The zero-order valence-corrected chi connectivity index (χ0v) is 19.0. The third kappa shape index (κ3) is 4.36. The zero-order valence-electron chi connectivity index (χ0n) is 19.0. The molecule has 2 aliphatic rings. The van der Waals surface area contributed by atoms with Crippen LogP contribution < -0.4 is 15.5 Å². The fraction of sp³-hybridized carbons (Fsp3) is 0.545. The molecule has 1 fully saturated rings. The second-order valence-corrected chi connectivity index (χ2v) is 9.15. The molecule has 10 heteroatoms. The summed E-state index contributed by atoms with van der Waals surface area (Å²) in [7, 11) is 3.92. The molecule has 4 rings (SSSR count). The quantitative estimate of drug-likeness (QED) is 0.675.